The second kappa shape index (κ2) is 17.2. The maximum absolute atomic E-state index is 15.6. The van der Waals surface area contributed by atoms with E-state index in [1.165, 1.54) is 25.2 Å². The van der Waals surface area contributed by atoms with Gasteiger partial charge in [0, 0.05) is 51.4 Å². The third kappa shape index (κ3) is 10.8. The fraction of sp³-hybridized carbons (Fsp3) is 0.581. The molecule has 0 radical (unpaired) electrons. The summed E-state index contributed by atoms with van der Waals surface area (Å²) in [5, 5.41) is 14.4. The Balaban J connectivity index is 0.000000175. The van der Waals surface area contributed by atoms with Crippen LogP contribution in [-0.4, -0.2) is 80.9 Å². The summed E-state index contributed by atoms with van der Waals surface area (Å²) in [6, 6.07) is 6.79. The van der Waals surface area contributed by atoms with E-state index in [1.807, 2.05) is 6.07 Å². The Morgan fingerprint density at radius 1 is 1.04 bits per heavy atom. The number of aromatic nitrogens is 1. The quantitative estimate of drug-likeness (QED) is 0.0632. The summed E-state index contributed by atoms with van der Waals surface area (Å²) in [4.78, 5) is 8.69. The Morgan fingerprint density at radius 3 is 2.25 bits per heavy atom. The minimum absolute atomic E-state index is 0.0210. The first kappa shape index (κ1) is 40.8. The van der Waals surface area contributed by atoms with Crippen molar-refractivity contribution in [1.29, 1.82) is 5.41 Å². The molecule has 1 aromatic carbocycles. The molecular weight excluding hydrogens is 733 g/mol. The molecular formula is C43H55F2N7O5. The van der Waals surface area contributed by atoms with E-state index in [0.29, 0.717) is 66.1 Å². The highest BCUT2D eigenvalue weighted by Gasteiger charge is 2.48. The van der Waals surface area contributed by atoms with Crippen molar-refractivity contribution < 1.29 is 32.5 Å². The zero-order valence-electron chi connectivity index (χ0n) is 33.1. The number of pyridine rings is 1. The van der Waals surface area contributed by atoms with E-state index in [4.69, 9.17) is 40.7 Å². The molecule has 306 valence electrons. The van der Waals surface area contributed by atoms with E-state index in [-0.39, 0.29) is 46.1 Å². The van der Waals surface area contributed by atoms with Gasteiger partial charge in [-0.25, -0.2) is 4.98 Å². The standard InChI is InChI=1S/C25H31F2NO2.C18H24N6O3/c1-17(2)22(13-28-14-23-29-15-24(10-11-24)16-30-23)25(26,27)21-12-20(5-4-18(21)3)9-8-19-6-7-19;19-17(20)11-5-14(27-12-1-2-12)16(23-6-11)13(24-21)7-22-8-15-25-9-18(3-4-18)10-26-15/h4-5,12-13,17,19,23,28H,6-7,10-11,14-16H2,1-3H3;5-7,12,15H,1-4,8-10,21H2,(H3,19,20)/b22-13+;22-7?,24-13+. The van der Waals surface area contributed by atoms with Crippen LogP contribution in [0.2, 0.25) is 0 Å². The number of alkyl halides is 2. The van der Waals surface area contributed by atoms with Gasteiger partial charge in [0.15, 0.2) is 12.6 Å². The van der Waals surface area contributed by atoms with E-state index in [2.05, 4.69) is 32.2 Å². The third-order valence-electron chi connectivity index (χ3n) is 11.1. The van der Waals surface area contributed by atoms with Gasteiger partial charge in [-0.1, -0.05) is 31.8 Å². The molecule has 14 heteroatoms. The van der Waals surface area contributed by atoms with Crippen LogP contribution in [0, 0.1) is 46.8 Å². The van der Waals surface area contributed by atoms with Crippen molar-refractivity contribution in [3.63, 3.8) is 0 Å². The SMILES string of the molecule is Cc1ccc(C#CC2CC2)cc1C(F)(F)/C(=C/NCC1OCC2(CC2)CO1)C(C)C.N=C(N)c1cnc(/C(C=NCC2OCC3(CC3)CO2)=N/N)c(OC2CC2)c1. The monoisotopic (exact) mass is 787 g/mol. The van der Waals surface area contributed by atoms with E-state index >= 15 is 8.78 Å². The van der Waals surface area contributed by atoms with Gasteiger partial charge in [0.1, 0.15) is 23.0 Å². The van der Waals surface area contributed by atoms with Gasteiger partial charge < -0.3 is 40.6 Å². The molecule has 1 aromatic heterocycles. The molecule has 2 saturated heterocycles. The van der Waals surface area contributed by atoms with Crippen LogP contribution in [0.5, 0.6) is 5.75 Å². The largest absolute Gasteiger partial charge is 0.488 e. The van der Waals surface area contributed by atoms with Crippen LogP contribution < -0.4 is 21.6 Å². The number of ether oxygens (including phenoxy) is 5. The second-order valence-corrected chi connectivity index (χ2v) is 16.7. The number of nitrogens with two attached hydrogens (primary N) is 2. The van der Waals surface area contributed by atoms with Crippen molar-refractivity contribution in [2.45, 2.75) is 96.7 Å². The second-order valence-electron chi connectivity index (χ2n) is 16.7. The molecule has 0 bridgehead atoms. The minimum atomic E-state index is -3.09. The van der Waals surface area contributed by atoms with Gasteiger partial charge >= 0.3 is 0 Å². The molecule has 4 saturated carbocycles. The predicted molar refractivity (Wildman–Crippen MR) is 213 cm³/mol. The topological polar surface area (TPSA) is 172 Å². The summed E-state index contributed by atoms with van der Waals surface area (Å²) >= 11 is 0. The zero-order valence-corrected chi connectivity index (χ0v) is 33.1. The molecule has 3 heterocycles. The van der Waals surface area contributed by atoms with Gasteiger partial charge in [-0.3, -0.25) is 10.4 Å². The number of hydrazone groups is 1. The van der Waals surface area contributed by atoms with E-state index in [1.54, 1.807) is 45.2 Å². The number of aryl methyl sites for hydroxylation is 1. The Bertz CT molecular complexity index is 1920. The predicted octanol–water partition coefficient (Wildman–Crippen LogP) is 5.92. The Labute approximate surface area is 333 Å². The lowest BCUT2D eigenvalue weighted by molar-refractivity contribution is -0.203. The molecule has 2 aliphatic heterocycles. The zero-order chi connectivity index (χ0) is 40.2. The summed E-state index contributed by atoms with van der Waals surface area (Å²) in [6.07, 6.45) is 12.8. The van der Waals surface area contributed by atoms with Gasteiger partial charge in [0.05, 0.1) is 51.8 Å². The molecule has 6 aliphatic rings. The Morgan fingerprint density at radius 2 is 1.68 bits per heavy atom. The number of halogens is 2. The van der Waals surface area contributed by atoms with E-state index < -0.39 is 12.2 Å². The number of hydrogen-bond acceptors (Lipinski definition) is 11. The number of nitrogen functional groups attached to an aromatic ring is 1. The fourth-order valence-electron chi connectivity index (χ4n) is 6.52. The molecule has 6 fully saturated rings. The van der Waals surface area contributed by atoms with Crippen molar-refractivity contribution in [3.05, 3.63) is 70.2 Å². The minimum Gasteiger partial charge on any atom is -0.488 e. The van der Waals surface area contributed by atoms with Crippen LogP contribution in [0.4, 0.5) is 8.78 Å². The first-order chi connectivity index (χ1) is 27.4. The summed E-state index contributed by atoms with van der Waals surface area (Å²) in [7, 11) is 0. The number of nitrogens with one attached hydrogen (secondary N) is 2. The lowest BCUT2D eigenvalue weighted by Gasteiger charge is -2.30. The summed E-state index contributed by atoms with van der Waals surface area (Å²) in [5.41, 5.74) is 8.68. The molecule has 6 N–H and O–H groups in total. The van der Waals surface area contributed by atoms with Crippen molar-refractivity contribution in [2.75, 3.05) is 39.5 Å². The lowest BCUT2D eigenvalue weighted by atomic mass is 9.89. The number of amidine groups is 1. The van der Waals surface area contributed by atoms with Gasteiger partial charge in [-0.05, 0) is 88.0 Å². The highest BCUT2D eigenvalue weighted by Crippen LogP contribution is 2.49. The van der Waals surface area contributed by atoms with Gasteiger partial charge in [-0.15, -0.1) is 0 Å². The number of hydrogen-bond donors (Lipinski definition) is 4. The molecule has 0 unspecified atom stereocenters. The molecule has 4 aliphatic carbocycles. The molecule has 0 atom stereocenters. The Kier molecular flexibility index (Phi) is 12.3. The van der Waals surface area contributed by atoms with Gasteiger partial charge in [0.2, 0.25) is 0 Å². The average Bonchev–Trinajstić information content (AvgIpc) is 3.98. The molecule has 12 nitrogen and oxygen atoms in total. The van der Waals surface area contributed by atoms with Crippen molar-refractivity contribution in [1.82, 2.24) is 10.3 Å². The summed E-state index contributed by atoms with van der Waals surface area (Å²) < 4.78 is 60.0. The third-order valence-corrected chi connectivity index (χ3v) is 11.1. The fourth-order valence-corrected chi connectivity index (χ4v) is 6.52. The van der Waals surface area contributed by atoms with Crippen LogP contribution in [0.25, 0.3) is 0 Å². The normalized spacial score (nSPS) is 22.8. The summed E-state index contributed by atoms with van der Waals surface area (Å²) in [5.74, 6) is 9.22. The summed E-state index contributed by atoms with van der Waals surface area (Å²) in [6.45, 7) is 8.89. The van der Waals surface area contributed by atoms with Crippen molar-refractivity contribution in [3.8, 4) is 17.6 Å². The molecule has 2 spiro atoms. The molecule has 2 aromatic rings. The Hall–Kier alpha value is -4.42. The lowest BCUT2D eigenvalue weighted by Crippen LogP contribution is -2.39. The smallest absolute Gasteiger partial charge is 0.296 e. The van der Waals surface area contributed by atoms with E-state index in [9.17, 15) is 0 Å². The maximum atomic E-state index is 15.6. The number of rotatable bonds is 13. The molecule has 57 heavy (non-hydrogen) atoms. The number of benzene rings is 1. The highest BCUT2D eigenvalue weighted by molar-refractivity contribution is 6.38. The maximum Gasteiger partial charge on any atom is 0.296 e. The van der Waals surface area contributed by atoms with Crippen molar-refractivity contribution >= 4 is 17.8 Å². The van der Waals surface area contributed by atoms with Crippen LogP contribution in [-0.2, 0) is 24.9 Å². The van der Waals surface area contributed by atoms with Crippen LogP contribution >= 0.6 is 0 Å². The number of allylic oxidation sites excluding steroid dienone is 1. The van der Waals surface area contributed by atoms with Gasteiger partial charge in [0.25, 0.3) is 5.92 Å². The molecule has 8 rings (SSSR count). The number of nitrogens with zero attached hydrogens (tertiary/aromatic N) is 3. The first-order valence-electron chi connectivity index (χ1n) is 20.1. The van der Waals surface area contributed by atoms with Gasteiger partial charge in [-0.2, -0.15) is 13.9 Å². The highest BCUT2D eigenvalue weighted by atomic mass is 19.3. The van der Waals surface area contributed by atoms with Crippen LogP contribution in [0.3, 0.4) is 0 Å². The van der Waals surface area contributed by atoms with Crippen LogP contribution in [0.1, 0.15) is 93.2 Å². The first-order valence-corrected chi connectivity index (χ1v) is 20.1. The van der Waals surface area contributed by atoms with Crippen molar-refractivity contribution in [2.24, 2.45) is 44.3 Å². The molecule has 0 amide bonds. The van der Waals surface area contributed by atoms with Crippen LogP contribution in [0.15, 0.2) is 52.3 Å². The number of aliphatic imine (C=N–C) groups is 1. The average molecular weight is 788 g/mol. The van der Waals surface area contributed by atoms with E-state index in [0.717, 1.165) is 51.7 Å².